The van der Waals surface area contributed by atoms with Crippen molar-refractivity contribution in [3.8, 4) is 11.9 Å². The molecule has 0 bridgehead atoms. The van der Waals surface area contributed by atoms with Crippen molar-refractivity contribution in [1.29, 1.82) is 5.26 Å². The third-order valence-electron chi connectivity index (χ3n) is 7.82. The molecule has 2 aromatic heterocycles. The topological polar surface area (TPSA) is 112 Å². The number of hydrogen-bond donors (Lipinski definition) is 2. The van der Waals surface area contributed by atoms with Crippen molar-refractivity contribution in [2.24, 2.45) is 0 Å². The first-order valence-electron chi connectivity index (χ1n) is 12.6. The van der Waals surface area contributed by atoms with E-state index in [0.29, 0.717) is 25.5 Å². The van der Waals surface area contributed by atoms with Gasteiger partial charge in [0.05, 0.1) is 12.2 Å². The summed E-state index contributed by atoms with van der Waals surface area (Å²) in [4.78, 5) is 24.0. The number of Topliss-reactive ketones (excluding diaryl/α,β-unsaturated/α-hetero) is 1. The van der Waals surface area contributed by atoms with Crippen LogP contribution in [0, 0.1) is 11.3 Å². The standard InChI is InChI=1S/C26H29F3N6O3/c1-37-9-8-35-6-4-18(5-7-35)38-23-3-2-16(13-32-23)20-11-19(24(36)25(20)15-33-34-25)17-10-21(26(27,28)29)22(12-30)31-14-17/h2-3,10,13-14,18-20,33-34H,4-9,11,15H2,1H3. The van der Waals surface area contributed by atoms with Gasteiger partial charge in [0.2, 0.25) is 5.88 Å². The van der Waals surface area contributed by atoms with E-state index in [1.54, 1.807) is 19.4 Å². The smallest absolute Gasteiger partial charge is 0.419 e. The summed E-state index contributed by atoms with van der Waals surface area (Å²) in [6.45, 7) is 3.81. The summed E-state index contributed by atoms with van der Waals surface area (Å²) in [5.41, 5.74) is 4.10. The van der Waals surface area contributed by atoms with Gasteiger partial charge in [0.25, 0.3) is 0 Å². The molecular formula is C26H29F3N6O3. The number of rotatable bonds is 7. The van der Waals surface area contributed by atoms with Gasteiger partial charge in [-0.2, -0.15) is 18.4 Å². The van der Waals surface area contributed by atoms with Crippen LogP contribution in [-0.2, 0) is 15.7 Å². The highest BCUT2D eigenvalue weighted by Gasteiger charge is 2.59. The van der Waals surface area contributed by atoms with E-state index in [9.17, 15) is 18.0 Å². The maximum Gasteiger partial charge on any atom is 0.419 e. The van der Waals surface area contributed by atoms with Crippen LogP contribution in [0.5, 0.6) is 5.88 Å². The lowest BCUT2D eigenvalue weighted by Crippen LogP contribution is -2.74. The summed E-state index contributed by atoms with van der Waals surface area (Å²) in [5, 5.41) is 9.06. The summed E-state index contributed by atoms with van der Waals surface area (Å²) in [7, 11) is 1.69. The summed E-state index contributed by atoms with van der Waals surface area (Å²) in [6, 6.07) is 6.02. The minimum atomic E-state index is -4.75. The summed E-state index contributed by atoms with van der Waals surface area (Å²) >= 11 is 0. The SMILES string of the molecule is COCCN1CCC(Oc2ccc(C3CC(c4cnc(C#N)c(C(F)(F)F)c4)C(=O)C34CNN4)cn2)CC1. The molecule has 1 aliphatic carbocycles. The number of likely N-dealkylation sites (tertiary alicyclic amines) is 1. The number of pyridine rings is 2. The molecule has 9 nitrogen and oxygen atoms in total. The van der Waals surface area contributed by atoms with Crippen molar-refractivity contribution >= 4 is 5.78 Å². The molecule has 2 aromatic rings. The molecule has 202 valence electrons. The first kappa shape index (κ1) is 26.5. The van der Waals surface area contributed by atoms with E-state index in [1.807, 2.05) is 6.07 Å². The van der Waals surface area contributed by atoms with Crippen LogP contribution in [0.3, 0.4) is 0 Å². The molecule has 2 saturated heterocycles. The van der Waals surface area contributed by atoms with Crippen LogP contribution in [0.25, 0.3) is 0 Å². The van der Waals surface area contributed by atoms with Crippen molar-refractivity contribution in [3.63, 3.8) is 0 Å². The number of nitrogens with one attached hydrogen (secondary N) is 2. The lowest BCUT2D eigenvalue weighted by atomic mass is 9.80. The van der Waals surface area contributed by atoms with E-state index in [-0.39, 0.29) is 23.4 Å². The van der Waals surface area contributed by atoms with Gasteiger partial charge in [0.15, 0.2) is 11.5 Å². The summed E-state index contributed by atoms with van der Waals surface area (Å²) in [5.74, 6) is -0.807. The number of ketones is 1. The van der Waals surface area contributed by atoms with Gasteiger partial charge in [-0.05, 0) is 36.5 Å². The Hall–Kier alpha value is -3.11. The third-order valence-corrected chi connectivity index (χ3v) is 7.82. The average Bonchev–Trinajstić information content (AvgIpc) is 3.21. The normalized spacial score (nSPS) is 26.3. The molecule has 4 heterocycles. The summed E-state index contributed by atoms with van der Waals surface area (Å²) in [6.07, 6.45) is 0.285. The molecule has 3 aliphatic rings. The number of piperidine rings is 1. The molecule has 2 aliphatic heterocycles. The zero-order chi connectivity index (χ0) is 26.9. The van der Waals surface area contributed by atoms with Gasteiger partial charge in [0, 0.05) is 63.6 Å². The minimum Gasteiger partial charge on any atom is -0.474 e. The van der Waals surface area contributed by atoms with E-state index in [4.69, 9.17) is 14.7 Å². The quantitative estimate of drug-likeness (QED) is 0.558. The maximum atomic E-state index is 13.5. The number of halogens is 3. The third kappa shape index (κ3) is 4.99. The highest BCUT2D eigenvalue weighted by Crippen LogP contribution is 2.49. The number of ether oxygens (including phenoxy) is 2. The van der Waals surface area contributed by atoms with Crippen LogP contribution in [-0.4, -0.2) is 72.2 Å². The Kier molecular flexibility index (Phi) is 7.37. The number of methoxy groups -OCH3 is 1. The molecule has 2 N–H and O–H groups in total. The molecular weight excluding hydrogens is 501 g/mol. The number of carbonyl (C=O) groups excluding carboxylic acids is 1. The Morgan fingerprint density at radius 3 is 2.53 bits per heavy atom. The van der Waals surface area contributed by atoms with Crippen molar-refractivity contribution in [3.05, 3.63) is 53.0 Å². The lowest BCUT2D eigenvalue weighted by Gasteiger charge is -2.43. The number of nitrogens with zero attached hydrogens (tertiary/aromatic N) is 4. The Bertz CT molecular complexity index is 1200. The fourth-order valence-electron chi connectivity index (χ4n) is 5.66. The number of carbonyl (C=O) groups is 1. The van der Waals surface area contributed by atoms with Gasteiger partial charge in [-0.15, -0.1) is 0 Å². The van der Waals surface area contributed by atoms with E-state index in [2.05, 4.69) is 25.7 Å². The van der Waals surface area contributed by atoms with Gasteiger partial charge in [-0.1, -0.05) is 6.07 Å². The largest absolute Gasteiger partial charge is 0.474 e. The zero-order valence-corrected chi connectivity index (χ0v) is 20.9. The fraction of sp³-hybridized carbons (Fsp3) is 0.538. The number of hydrogen-bond acceptors (Lipinski definition) is 9. The molecule has 0 radical (unpaired) electrons. The number of hydrazine groups is 1. The molecule has 0 aromatic carbocycles. The van der Waals surface area contributed by atoms with E-state index >= 15 is 0 Å². The first-order chi connectivity index (χ1) is 18.2. The van der Waals surface area contributed by atoms with Crippen LogP contribution in [0.2, 0.25) is 0 Å². The molecule has 5 rings (SSSR count). The van der Waals surface area contributed by atoms with E-state index in [0.717, 1.165) is 44.1 Å². The molecule has 1 saturated carbocycles. The monoisotopic (exact) mass is 530 g/mol. The number of aromatic nitrogens is 2. The van der Waals surface area contributed by atoms with Gasteiger partial charge < -0.3 is 14.4 Å². The van der Waals surface area contributed by atoms with Crippen LogP contribution in [0.1, 0.15) is 53.5 Å². The van der Waals surface area contributed by atoms with Crippen molar-refractivity contribution < 1.29 is 27.4 Å². The predicted molar refractivity (Wildman–Crippen MR) is 129 cm³/mol. The minimum absolute atomic E-state index is 0.0696. The molecule has 38 heavy (non-hydrogen) atoms. The maximum absolute atomic E-state index is 13.5. The number of nitriles is 1. The molecule has 0 amide bonds. The average molecular weight is 531 g/mol. The fourth-order valence-corrected chi connectivity index (χ4v) is 5.66. The van der Waals surface area contributed by atoms with Crippen molar-refractivity contribution in [2.75, 3.05) is 39.9 Å². The van der Waals surface area contributed by atoms with E-state index in [1.165, 1.54) is 12.3 Å². The Labute approximate surface area is 218 Å². The molecule has 3 atom stereocenters. The van der Waals surface area contributed by atoms with Crippen LogP contribution in [0.4, 0.5) is 13.2 Å². The number of alkyl halides is 3. The molecule has 3 unspecified atom stereocenters. The highest BCUT2D eigenvalue weighted by molar-refractivity contribution is 5.99. The second-order valence-corrected chi connectivity index (χ2v) is 10.0. The van der Waals surface area contributed by atoms with Gasteiger partial charge in [0.1, 0.15) is 17.7 Å². The zero-order valence-electron chi connectivity index (χ0n) is 20.9. The second kappa shape index (κ2) is 10.6. The first-order valence-corrected chi connectivity index (χ1v) is 12.6. The van der Waals surface area contributed by atoms with Gasteiger partial charge in [-0.25, -0.2) is 15.4 Å². The van der Waals surface area contributed by atoms with Crippen LogP contribution >= 0.6 is 0 Å². The Morgan fingerprint density at radius 2 is 1.95 bits per heavy atom. The second-order valence-electron chi connectivity index (χ2n) is 10.0. The van der Waals surface area contributed by atoms with Crippen LogP contribution in [0.15, 0.2) is 30.6 Å². The van der Waals surface area contributed by atoms with Gasteiger partial charge in [-0.3, -0.25) is 10.2 Å². The molecule has 3 fully saturated rings. The van der Waals surface area contributed by atoms with Crippen molar-refractivity contribution in [2.45, 2.75) is 48.9 Å². The lowest BCUT2D eigenvalue weighted by molar-refractivity contribution is -0.138. The van der Waals surface area contributed by atoms with E-state index < -0.39 is 28.9 Å². The van der Waals surface area contributed by atoms with Crippen molar-refractivity contribution in [1.82, 2.24) is 25.7 Å². The molecule has 1 spiro atoms. The van der Waals surface area contributed by atoms with Gasteiger partial charge >= 0.3 is 6.18 Å². The molecule has 12 heteroatoms. The summed E-state index contributed by atoms with van der Waals surface area (Å²) < 4.78 is 51.8. The Morgan fingerprint density at radius 1 is 1.21 bits per heavy atom. The highest BCUT2D eigenvalue weighted by atomic mass is 19.4. The Balaban J connectivity index is 1.30. The predicted octanol–water partition coefficient (Wildman–Crippen LogP) is 2.54. The van der Waals surface area contributed by atoms with Crippen LogP contribution < -0.4 is 15.6 Å².